The normalized spacial score (nSPS) is 21.3. The molecule has 2 rings (SSSR count). The summed E-state index contributed by atoms with van der Waals surface area (Å²) in [5, 5.41) is 0. The summed E-state index contributed by atoms with van der Waals surface area (Å²) in [7, 11) is 0. The first-order chi connectivity index (χ1) is 9.05. The fraction of sp³-hybridized carbons (Fsp3) is 0.533. The van der Waals surface area contributed by atoms with E-state index >= 15 is 0 Å². The highest BCUT2D eigenvalue weighted by Gasteiger charge is 2.33. The Balaban J connectivity index is 1.65. The predicted molar refractivity (Wildman–Crippen MR) is 70.6 cm³/mol. The highest BCUT2D eigenvalue weighted by atomic mass is 16.7. The van der Waals surface area contributed by atoms with Crippen LogP contribution < -0.4 is 0 Å². The molecule has 0 aromatic heterocycles. The lowest BCUT2D eigenvalue weighted by molar-refractivity contribution is -0.158. The number of ether oxygens (including phenoxy) is 3. The zero-order valence-corrected chi connectivity index (χ0v) is 11.4. The van der Waals surface area contributed by atoms with E-state index in [0.29, 0.717) is 19.4 Å². The van der Waals surface area contributed by atoms with Crippen molar-refractivity contribution in [3.8, 4) is 0 Å². The van der Waals surface area contributed by atoms with Gasteiger partial charge in [-0.15, -0.1) is 0 Å². The van der Waals surface area contributed by atoms with Gasteiger partial charge < -0.3 is 14.2 Å². The van der Waals surface area contributed by atoms with E-state index in [1.165, 1.54) is 0 Å². The monoisotopic (exact) mass is 264 g/mol. The number of rotatable bonds is 5. The van der Waals surface area contributed by atoms with Crippen molar-refractivity contribution in [2.75, 3.05) is 13.2 Å². The quantitative estimate of drug-likeness (QED) is 0.766. The van der Waals surface area contributed by atoms with Gasteiger partial charge >= 0.3 is 5.97 Å². The summed E-state index contributed by atoms with van der Waals surface area (Å²) in [5.74, 6) is -0.765. The second kappa shape index (κ2) is 6.17. The van der Waals surface area contributed by atoms with Gasteiger partial charge in [-0.25, -0.2) is 0 Å². The molecule has 0 amide bonds. The van der Waals surface area contributed by atoms with Crippen LogP contribution in [0.4, 0.5) is 0 Å². The maximum atomic E-state index is 11.6. The molecule has 104 valence electrons. The first-order valence-corrected chi connectivity index (χ1v) is 6.56. The minimum absolute atomic E-state index is 0.157. The zero-order chi connectivity index (χ0) is 13.7. The first-order valence-electron chi connectivity index (χ1n) is 6.56. The van der Waals surface area contributed by atoms with Crippen LogP contribution in [0.1, 0.15) is 25.8 Å². The third kappa shape index (κ3) is 4.65. The van der Waals surface area contributed by atoms with Gasteiger partial charge in [-0.3, -0.25) is 4.79 Å². The van der Waals surface area contributed by atoms with Crippen LogP contribution in [0, 0.1) is 0 Å². The van der Waals surface area contributed by atoms with Gasteiger partial charge in [-0.05, 0) is 25.8 Å². The van der Waals surface area contributed by atoms with Crippen LogP contribution in [0.2, 0.25) is 0 Å². The van der Waals surface area contributed by atoms with E-state index in [1.54, 1.807) is 0 Å². The summed E-state index contributed by atoms with van der Waals surface area (Å²) >= 11 is 0. The molecule has 0 N–H and O–H groups in total. The van der Waals surface area contributed by atoms with Crippen molar-refractivity contribution in [1.29, 1.82) is 0 Å². The minimum atomic E-state index is -0.568. The van der Waals surface area contributed by atoms with E-state index in [0.717, 1.165) is 5.56 Å². The second-order valence-corrected chi connectivity index (χ2v) is 5.12. The van der Waals surface area contributed by atoms with Gasteiger partial charge in [-0.2, -0.15) is 0 Å². The van der Waals surface area contributed by atoms with Crippen molar-refractivity contribution in [2.24, 2.45) is 0 Å². The average Bonchev–Trinajstić information content (AvgIpc) is 2.75. The maximum Gasteiger partial charge on any atom is 0.306 e. The van der Waals surface area contributed by atoms with Crippen molar-refractivity contribution in [1.82, 2.24) is 0 Å². The topological polar surface area (TPSA) is 44.8 Å². The summed E-state index contributed by atoms with van der Waals surface area (Å²) < 4.78 is 16.2. The summed E-state index contributed by atoms with van der Waals surface area (Å²) in [5.41, 5.74) is 1.14. The number of esters is 1. The van der Waals surface area contributed by atoms with E-state index in [4.69, 9.17) is 14.2 Å². The zero-order valence-electron chi connectivity index (χ0n) is 11.4. The molecule has 19 heavy (non-hydrogen) atoms. The fourth-order valence-corrected chi connectivity index (χ4v) is 1.99. The Morgan fingerprint density at radius 3 is 2.74 bits per heavy atom. The Morgan fingerprint density at radius 2 is 2.11 bits per heavy atom. The molecule has 0 radical (unpaired) electrons. The van der Waals surface area contributed by atoms with Gasteiger partial charge in [0.05, 0.1) is 6.61 Å². The maximum absolute atomic E-state index is 11.6. The van der Waals surface area contributed by atoms with E-state index in [9.17, 15) is 4.79 Å². The predicted octanol–water partition coefficient (Wildman–Crippen LogP) is 2.31. The third-order valence-corrected chi connectivity index (χ3v) is 2.96. The molecule has 1 aliphatic rings. The van der Waals surface area contributed by atoms with Crippen molar-refractivity contribution < 1.29 is 19.0 Å². The Labute approximate surface area is 113 Å². The largest absolute Gasteiger partial charge is 0.463 e. The summed E-state index contributed by atoms with van der Waals surface area (Å²) in [6, 6.07) is 9.90. The Bertz CT molecular complexity index is 413. The Hall–Kier alpha value is -1.39. The van der Waals surface area contributed by atoms with Gasteiger partial charge in [0.15, 0.2) is 5.79 Å². The number of carbonyl (C=O) groups excluding carboxylic acids is 1. The summed E-state index contributed by atoms with van der Waals surface area (Å²) in [6.45, 7) is 4.43. The number of hydrogen-bond donors (Lipinski definition) is 0. The van der Waals surface area contributed by atoms with Gasteiger partial charge in [0.1, 0.15) is 12.7 Å². The molecule has 1 aliphatic heterocycles. The highest BCUT2D eigenvalue weighted by molar-refractivity contribution is 5.69. The van der Waals surface area contributed by atoms with Crippen LogP contribution in [0.15, 0.2) is 30.3 Å². The van der Waals surface area contributed by atoms with Gasteiger partial charge in [0.25, 0.3) is 0 Å². The van der Waals surface area contributed by atoms with Crippen LogP contribution in [0.3, 0.4) is 0 Å². The van der Waals surface area contributed by atoms with E-state index in [-0.39, 0.29) is 18.7 Å². The van der Waals surface area contributed by atoms with E-state index in [1.807, 2.05) is 44.2 Å². The number of hydrogen-bond acceptors (Lipinski definition) is 4. The molecule has 0 saturated carbocycles. The van der Waals surface area contributed by atoms with E-state index < -0.39 is 5.79 Å². The average molecular weight is 264 g/mol. The third-order valence-electron chi connectivity index (χ3n) is 2.96. The highest BCUT2D eigenvalue weighted by Crippen LogP contribution is 2.22. The lowest BCUT2D eigenvalue weighted by Crippen LogP contribution is -2.25. The SMILES string of the molecule is CC1(C)OC[C@@H](COC(=O)CCc2ccccc2)O1. The molecule has 0 aliphatic carbocycles. The molecule has 0 unspecified atom stereocenters. The summed E-state index contributed by atoms with van der Waals surface area (Å²) in [4.78, 5) is 11.6. The molecule has 0 spiro atoms. The molecule has 1 aromatic rings. The lowest BCUT2D eigenvalue weighted by atomic mass is 10.1. The number of aryl methyl sites for hydroxylation is 1. The van der Waals surface area contributed by atoms with E-state index in [2.05, 4.69) is 0 Å². The van der Waals surface area contributed by atoms with Gasteiger partial charge in [-0.1, -0.05) is 30.3 Å². The molecule has 4 heteroatoms. The van der Waals surface area contributed by atoms with Gasteiger partial charge in [0, 0.05) is 6.42 Å². The summed E-state index contributed by atoms with van der Waals surface area (Å²) in [6.07, 6.45) is 0.935. The first kappa shape index (κ1) is 14.0. The molecule has 1 heterocycles. The van der Waals surface area contributed by atoms with Crippen molar-refractivity contribution >= 4 is 5.97 Å². The van der Waals surface area contributed by atoms with Crippen LogP contribution >= 0.6 is 0 Å². The minimum Gasteiger partial charge on any atom is -0.463 e. The second-order valence-electron chi connectivity index (χ2n) is 5.12. The smallest absolute Gasteiger partial charge is 0.306 e. The molecule has 1 aromatic carbocycles. The fourth-order valence-electron chi connectivity index (χ4n) is 1.99. The van der Waals surface area contributed by atoms with Crippen LogP contribution in [-0.4, -0.2) is 31.1 Å². The molecule has 0 bridgehead atoms. The number of carbonyl (C=O) groups is 1. The molecule has 1 atom stereocenters. The standard InChI is InChI=1S/C15H20O4/c1-15(2)18-11-13(19-15)10-17-14(16)9-8-12-6-4-3-5-7-12/h3-7,13H,8-11H2,1-2H3/t13-/m1/s1. The van der Waals surface area contributed by atoms with Crippen LogP contribution in [0.25, 0.3) is 0 Å². The molecular formula is C15H20O4. The van der Waals surface area contributed by atoms with Gasteiger partial charge in [0.2, 0.25) is 0 Å². The molecular weight excluding hydrogens is 244 g/mol. The lowest BCUT2D eigenvalue weighted by Gasteiger charge is -2.16. The van der Waals surface area contributed by atoms with Crippen molar-refractivity contribution in [3.05, 3.63) is 35.9 Å². The van der Waals surface area contributed by atoms with Crippen LogP contribution in [0.5, 0.6) is 0 Å². The molecule has 4 nitrogen and oxygen atoms in total. The molecule has 1 saturated heterocycles. The number of benzene rings is 1. The van der Waals surface area contributed by atoms with Crippen molar-refractivity contribution in [2.45, 2.75) is 38.6 Å². The Kier molecular flexibility index (Phi) is 4.56. The van der Waals surface area contributed by atoms with Crippen LogP contribution in [-0.2, 0) is 25.4 Å². The Morgan fingerprint density at radius 1 is 1.37 bits per heavy atom. The molecule has 1 fully saturated rings. The van der Waals surface area contributed by atoms with Crippen molar-refractivity contribution in [3.63, 3.8) is 0 Å².